The number of nitrogens with zero attached hydrogens (tertiary/aromatic N) is 1. The van der Waals surface area contributed by atoms with Crippen LogP contribution >= 0.6 is 19.6 Å². The van der Waals surface area contributed by atoms with Crippen molar-refractivity contribution in [3.63, 3.8) is 0 Å². The highest BCUT2D eigenvalue weighted by molar-refractivity contribution is 8.02. The average Bonchev–Trinajstić information content (AvgIpc) is 3.48. The summed E-state index contributed by atoms with van der Waals surface area (Å²) in [5, 5.41) is 2.02. The molecular weight excluding hydrogens is 569 g/mol. The molecule has 2 rings (SSSR count). The van der Waals surface area contributed by atoms with Gasteiger partial charge in [0, 0.05) is 24.9 Å². The zero-order valence-corrected chi connectivity index (χ0v) is 27.9. The molecule has 2 unspecified atom stereocenters. The van der Waals surface area contributed by atoms with Gasteiger partial charge in [-0.3, -0.25) is 9.42 Å². The first-order valence-corrected chi connectivity index (χ1v) is 18.5. The van der Waals surface area contributed by atoms with Crippen molar-refractivity contribution >= 4 is 19.6 Å². The predicted octanol–water partition coefficient (Wildman–Crippen LogP) is 9.62. The van der Waals surface area contributed by atoms with Crippen LogP contribution in [0.15, 0.2) is 48.0 Å². The molecule has 1 aliphatic rings. The van der Waals surface area contributed by atoms with Crippen LogP contribution in [-0.2, 0) is 25.1 Å². The van der Waals surface area contributed by atoms with E-state index in [0.717, 1.165) is 29.9 Å². The Hall–Kier alpha value is -1.28. The van der Waals surface area contributed by atoms with Gasteiger partial charge in [-0.05, 0) is 24.8 Å². The van der Waals surface area contributed by atoms with Gasteiger partial charge in [0.15, 0.2) is 0 Å². The van der Waals surface area contributed by atoms with Crippen molar-refractivity contribution in [2.75, 3.05) is 32.3 Å². The summed E-state index contributed by atoms with van der Waals surface area (Å²) in [6, 6.07) is 7.23. The minimum Gasteiger partial charge on any atom is -0.404 e. The van der Waals surface area contributed by atoms with E-state index in [1.807, 2.05) is 30.7 Å². The monoisotopic (exact) mass is 625 g/mol. The van der Waals surface area contributed by atoms with Crippen LogP contribution in [0, 0.1) is 0 Å². The maximum Gasteiger partial charge on any atom is 0.527 e. The highest BCUT2D eigenvalue weighted by atomic mass is 32.2. The van der Waals surface area contributed by atoms with Gasteiger partial charge in [0.05, 0.1) is 25.7 Å². The third-order valence-corrected chi connectivity index (χ3v) is 8.80. The van der Waals surface area contributed by atoms with Crippen LogP contribution in [0.4, 0.5) is 0 Å². The van der Waals surface area contributed by atoms with E-state index in [2.05, 4.69) is 18.4 Å². The van der Waals surface area contributed by atoms with Crippen molar-refractivity contribution < 1.29 is 28.0 Å². The smallest absolute Gasteiger partial charge is 0.404 e. The van der Waals surface area contributed by atoms with Crippen LogP contribution < -0.4 is 4.52 Å². The lowest BCUT2D eigenvalue weighted by atomic mass is 10.0. The van der Waals surface area contributed by atoms with E-state index in [1.54, 1.807) is 23.9 Å². The molecule has 1 heterocycles. The number of hydrogen-bond donors (Lipinski definition) is 1. The Bertz CT molecular complexity index is 930. The molecule has 1 aliphatic heterocycles. The molecule has 0 saturated heterocycles. The lowest BCUT2D eigenvalue weighted by molar-refractivity contribution is -0.0340. The molecule has 0 amide bonds. The Kier molecular flexibility index (Phi) is 20.3. The number of unbranched alkanes of at least 4 members (excludes halogenated alkanes) is 13. The summed E-state index contributed by atoms with van der Waals surface area (Å²) in [7, 11) is -4.36. The molecule has 2 atom stereocenters. The number of benzene rings is 1. The SMILES string of the molecule is C=C(C)COC(COCCCCCCCCCCCCCCCC)COP(=O)(O)Oc1ccccc1CN1C=CSC1. The van der Waals surface area contributed by atoms with Crippen LogP contribution in [0.1, 0.15) is 109 Å². The number of phosphoric acid groups is 1. The summed E-state index contributed by atoms with van der Waals surface area (Å²) in [6.45, 7) is 9.73. The number of phosphoric ester groups is 1. The molecule has 1 aromatic carbocycles. The zero-order chi connectivity index (χ0) is 30.3. The Morgan fingerprint density at radius 3 is 2.19 bits per heavy atom. The zero-order valence-electron chi connectivity index (χ0n) is 26.2. The lowest BCUT2D eigenvalue weighted by Gasteiger charge is -2.22. The molecule has 0 bridgehead atoms. The molecular formula is C33H56NO6PS. The third-order valence-electron chi connectivity index (χ3n) is 7.10. The molecule has 0 aromatic heterocycles. The van der Waals surface area contributed by atoms with Gasteiger partial charge < -0.3 is 18.9 Å². The Balaban J connectivity index is 1.60. The van der Waals surface area contributed by atoms with E-state index in [9.17, 15) is 9.46 Å². The highest BCUT2D eigenvalue weighted by Gasteiger charge is 2.27. The summed E-state index contributed by atoms with van der Waals surface area (Å²) in [5.41, 5.74) is 1.67. The quantitative estimate of drug-likeness (QED) is 0.0588. The first kappa shape index (κ1) is 36.9. The number of rotatable bonds is 27. The molecule has 0 saturated carbocycles. The average molecular weight is 626 g/mol. The van der Waals surface area contributed by atoms with E-state index >= 15 is 0 Å². The van der Waals surface area contributed by atoms with E-state index in [4.69, 9.17) is 18.5 Å². The van der Waals surface area contributed by atoms with Gasteiger partial charge in [0.2, 0.25) is 0 Å². The fourth-order valence-corrected chi connectivity index (χ4v) is 6.24. The molecule has 1 aromatic rings. The van der Waals surface area contributed by atoms with Crippen LogP contribution in [0.5, 0.6) is 5.75 Å². The minimum atomic E-state index is -4.36. The summed E-state index contributed by atoms with van der Waals surface area (Å²) in [6.07, 6.45) is 19.9. The molecule has 1 N–H and O–H groups in total. The van der Waals surface area contributed by atoms with Crippen molar-refractivity contribution in [2.24, 2.45) is 0 Å². The fraction of sp³-hybridized carbons (Fsp3) is 0.697. The van der Waals surface area contributed by atoms with Crippen molar-refractivity contribution in [3.05, 3.63) is 53.6 Å². The standard InChI is InChI=1S/C33H56NO6PS/c1-4-5-6-7-8-9-10-11-12-13-14-15-16-19-23-37-27-32(38-26-30(2)3)28-39-41(35,36)40-33-21-18-17-20-31(33)25-34-22-24-42-29-34/h17-18,20-22,24,32H,2,4-16,19,23,25-29H2,1,3H3,(H,35,36). The predicted molar refractivity (Wildman–Crippen MR) is 176 cm³/mol. The molecule has 0 aliphatic carbocycles. The summed E-state index contributed by atoms with van der Waals surface area (Å²) >= 11 is 1.70. The Morgan fingerprint density at radius 2 is 1.60 bits per heavy atom. The maximum absolute atomic E-state index is 12.8. The van der Waals surface area contributed by atoms with E-state index in [0.29, 0.717) is 25.5 Å². The number of hydrogen-bond acceptors (Lipinski definition) is 7. The first-order chi connectivity index (χ1) is 20.4. The van der Waals surface area contributed by atoms with E-state index in [-0.39, 0.29) is 13.2 Å². The fourth-order valence-electron chi connectivity index (χ4n) is 4.70. The van der Waals surface area contributed by atoms with E-state index in [1.165, 1.54) is 77.0 Å². The molecule has 0 radical (unpaired) electrons. The lowest BCUT2D eigenvalue weighted by Crippen LogP contribution is -2.26. The topological polar surface area (TPSA) is 77.5 Å². The van der Waals surface area contributed by atoms with Crippen molar-refractivity contribution in [1.29, 1.82) is 0 Å². The largest absolute Gasteiger partial charge is 0.527 e. The second-order valence-electron chi connectivity index (χ2n) is 11.4. The van der Waals surface area contributed by atoms with Crippen LogP contribution in [0.25, 0.3) is 0 Å². The van der Waals surface area contributed by atoms with Gasteiger partial charge in [-0.25, -0.2) is 4.57 Å². The summed E-state index contributed by atoms with van der Waals surface area (Å²) < 4.78 is 35.3. The second kappa shape index (κ2) is 23.1. The number of ether oxygens (including phenoxy) is 2. The highest BCUT2D eigenvalue weighted by Crippen LogP contribution is 2.45. The van der Waals surface area contributed by atoms with Gasteiger partial charge in [-0.15, -0.1) is 11.8 Å². The normalized spacial score (nSPS) is 15.2. The van der Waals surface area contributed by atoms with Crippen molar-refractivity contribution in [1.82, 2.24) is 4.90 Å². The van der Waals surface area contributed by atoms with Crippen molar-refractivity contribution in [2.45, 2.75) is 116 Å². The second-order valence-corrected chi connectivity index (χ2v) is 13.6. The van der Waals surface area contributed by atoms with Crippen LogP contribution in [-0.4, -0.2) is 48.2 Å². The van der Waals surface area contributed by atoms with Crippen molar-refractivity contribution in [3.8, 4) is 5.75 Å². The summed E-state index contributed by atoms with van der Waals surface area (Å²) in [4.78, 5) is 12.6. The maximum atomic E-state index is 12.8. The Morgan fingerprint density at radius 1 is 0.976 bits per heavy atom. The molecule has 42 heavy (non-hydrogen) atoms. The van der Waals surface area contributed by atoms with Crippen LogP contribution in [0.2, 0.25) is 0 Å². The van der Waals surface area contributed by atoms with E-state index < -0.39 is 13.9 Å². The van der Waals surface area contributed by atoms with Gasteiger partial charge >= 0.3 is 7.82 Å². The molecule has 0 spiro atoms. The van der Waals surface area contributed by atoms with Gasteiger partial charge in [-0.2, -0.15) is 0 Å². The molecule has 240 valence electrons. The third kappa shape index (κ3) is 18.4. The first-order valence-electron chi connectivity index (χ1n) is 16.0. The molecule has 7 nitrogen and oxygen atoms in total. The van der Waals surface area contributed by atoms with Crippen LogP contribution in [0.3, 0.4) is 0 Å². The minimum absolute atomic E-state index is 0.118. The Labute approximate surface area is 260 Å². The number of thioether (sulfide) groups is 1. The molecule has 9 heteroatoms. The van der Waals surface area contributed by atoms with Gasteiger partial charge in [0.1, 0.15) is 11.9 Å². The molecule has 0 fully saturated rings. The number of para-hydroxylation sites is 1. The van der Waals surface area contributed by atoms with Gasteiger partial charge in [0.25, 0.3) is 0 Å². The van der Waals surface area contributed by atoms with Gasteiger partial charge in [-0.1, -0.05) is 121 Å². The summed E-state index contributed by atoms with van der Waals surface area (Å²) in [5.74, 6) is 1.17.